The van der Waals surface area contributed by atoms with E-state index in [4.69, 9.17) is 9.47 Å². The van der Waals surface area contributed by atoms with Crippen LogP contribution in [0, 0.1) is 0 Å². The van der Waals surface area contributed by atoms with Crippen molar-refractivity contribution in [1.82, 2.24) is 10.6 Å². The van der Waals surface area contributed by atoms with Crippen molar-refractivity contribution in [2.24, 2.45) is 0 Å². The third-order valence-electron chi connectivity index (χ3n) is 4.71. The predicted molar refractivity (Wildman–Crippen MR) is 100 cm³/mol. The molecule has 1 aliphatic carbocycles. The number of methoxy groups -OCH3 is 1. The van der Waals surface area contributed by atoms with E-state index in [0.717, 1.165) is 18.4 Å². The third kappa shape index (κ3) is 5.55. The molecular formula is C20H26N2O6. The van der Waals surface area contributed by atoms with Crippen molar-refractivity contribution >= 4 is 23.8 Å². The molecule has 0 radical (unpaired) electrons. The summed E-state index contributed by atoms with van der Waals surface area (Å²) >= 11 is 0. The summed E-state index contributed by atoms with van der Waals surface area (Å²) in [5, 5.41) is 5.44. The van der Waals surface area contributed by atoms with Gasteiger partial charge in [0.1, 0.15) is 17.3 Å². The number of ether oxygens (including phenoxy) is 2. The molecule has 0 bridgehead atoms. The van der Waals surface area contributed by atoms with E-state index in [1.165, 1.54) is 21.0 Å². The van der Waals surface area contributed by atoms with Gasteiger partial charge in [0.25, 0.3) is 0 Å². The molecule has 0 spiro atoms. The van der Waals surface area contributed by atoms with Gasteiger partial charge in [0.15, 0.2) is 0 Å². The quantitative estimate of drug-likeness (QED) is 0.536. The largest absolute Gasteiger partial charge is 0.467 e. The number of benzene rings is 1. The normalized spacial score (nSPS) is 16.0. The number of nitrogens with one attached hydrogen (secondary N) is 2. The predicted octanol–water partition coefficient (Wildman–Crippen LogP) is 1.26. The van der Waals surface area contributed by atoms with E-state index in [2.05, 4.69) is 10.6 Å². The fraction of sp³-hybridized carbons (Fsp3) is 0.500. The minimum absolute atomic E-state index is 0.225. The molecular weight excluding hydrogens is 364 g/mol. The van der Waals surface area contributed by atoms with Crippen molar-refractivity contribution in [3.63, 3.8) is 0 Å². The SMILES string of the molecule is COC(=O)C1(NC(=O)[C@H](Cc2ccc(OC(C)=O)cc2)NC(C)=O)CCCC1. The smallest absolute Gasteiger partial charge is 0.331 e. The molecule has 1 saturated carbocycles. The van der Waals surface area contributed by atoms with Crippen molar-refractivity contribution in [2.75, 3.05) is 7.11 Å². The Morgan fingerprint density at radius 3 is 2.18 bits per heavy atom. The number of rotatable bonds is 7. The van der Waals surface area contributed by atoms with Gasteiger partial charge in [0.2, 0.25) is 11.8 Å². The minimum Gasteiger partial charge on any atom is -0.467 e. The molecule has 0 aromatic heterocycles. The zero-order valence-electron chi connectivity index (χ0n) is 16.4. The summed E-state index contributed by atoms with van der Waals surface area (Å²) in [6.45, 7) is 2.64. The highest BCUT2D eigenvalue weighted by atomic mass is 16.5. The van der Waals surface area contributed by atoms with Crippen LogP contribution < -0.4 is 15.4 Å². The van der Waals surface area contributed by atoms with Gasteiger partial charge < -0.3 is 20.1 Å². The van der Waals surface area contributed by atoms with Crippen LogP contribution in [0.4, 0.5) is 0 Å². The van der Waals surface area contributed by atoms with Crippen LogP contribution in [0.1, 0.15) is 45.1 Å². The van der Waals surface area contributed by atoms with Gasteiger partial charge in [0.05, 0.1) is 7.11 Å². The lowest BCUT2D eigenvalue weighted by Crippen LogP contribution is -2.58. The Bertz CT molecular complexity index is 738. The monoisotopic (exact) mass is 390 g/mol. The minimum atomic E-state index is -1.04. The molecule has 2 N–H and O–H groups in total. The maximum Gasteiger partial charge on any atom is 0.331 e. The number of hydrogen-bond donors (Lipinski definition) is 2. The lowest BCUT2D eigenvalue weighted by molar-refractivity contribution is -0.151. The van der Waals surface area contributed by atoms with Crippen LogP contribution in [0.15, 0.2) is 24.3 Å². The number of carbonyl (C=O) groups excluding carboxylic acids is 4. The van der Waals surface area contributed by atoms with E-state index in [-0.39, 0.29) is 12.3 Å². The molecule has 28 heavy (non-hydrogen) atoms. The Kier molecular flexibility index (Phi) is 7.14. The van der Waals surface area contributed by atoms with Gasteiger partial charge in [-0.25, -0.2) is 4.79 Å². The molecule has 2 amide bonds. The Hall–Kier alpha value is -2.90. The summed E-state index contributed by atoms with van der Waals surface area (Å²) < 4.78 is 9.87. The maximum absolute atomic E-state index is 12.9. The molecule has 8 nitrogen and oxygen atoms in total. The lowest BCUT2D eigenvalue weighted by Gasteiger charge is -2.29. The van der Waals surface area contributed by atoms with Gasteiger partial charge in [-0.1, -0.05) is 25.0 Å². The highest BCUT2D eigenvalue weighted by Gasteiger charge is 2.44. The van der Waals surface area contributed by atoms with E-state index < -0.39 is 29.4 Å². The number of amides is 2. The molecule has 1 aromatic rings. The van der Waals surface area contributed by atoms with E-state index >= 15 is 0 Å². The maximum atomic E-state index is 12.9. The lowest BCUT2D eigenvalue weighted by atomic mass is 9.96. The number of esters is 2. The molecule has 152 valence electrons. The second-order valence-electron chi connectivity index (χ2n) is 6.96. The summed E-state index contributed by atoms with van der Waals surface area (Å²) in [6.07, 6.45) is 2.88. The molecule has 0 heterocycles. The number of hydrogen-bond acceptors (Lipinski definition) is 6. The molecule has 1 atom stereocenters. The van der Waals surface area contributed by atoms with Crippen LogP contribution in [0.3, 0.4) is 0 Å². The molecule has 1 aromatic carbocycles. The standard InChI is InChI=1S/C20H26N2O6/c1-13(23)21-17(12-15-6-8-16(9-7-15)28-14(2)24)18(25)22-20(19(26)27-3)10-4-5-11-20/h6-9,17H,4-5,10-12H2,1-3H3,(H,21,23)(H,22,25)/t17-/m0/s1. The Balaban J connectivity index is 2.13. The first-order valence-electron chi connectivity index (χ1n) is 9.20. The van der Waals surface area contributed by atoms with Gasteiger partial charge in [-0.2, -0.15) is 0 Å². The Morgan fingerprint density at radius 1 is 1.07 bits per heavy atom. The Labute approximate surface area is 164 Å². The molecule has 0 unspecified atom stereocenters. The average molecular weight is 390 g/mol. The summed E-state index contributed by atoms with van der Waals surface area (Å²) in [4.78, 5) is 47.7. The van der Waals surface area contributed by atoms with Gasteiger partial charge in [-0.15, -0.1) is 0 Å². The Morgan fingerprint density at radius 2 is 1.68 bits per heavy atom. The van der Waals surface area contributed by atoms with Crippen LogP contribution in [0.2, 0.25) is 0 Å². The van der Waals surface area contributed by atoms with E-state index in [9.17, 15) is 19.2 Å². The van der Waals surface area contributed by atoms with Crippen LogP contribution in [0.25, 0.3) is 0 Å². The second-order valence-corrected chi connectivity index (χ2v) is 6.96. The molecule has 8 heteroatoms. The first-order chi connectivity index (χ1) is 13.3. The van der Waals surface area contributed by atoms with Crippen LogP contribution in [-0.4, -0.2) is 42.4 Å². The fourth-order valence-corrected chi connectivity index (χ4v) is 3.43. The topological polar surface area (TPSA) is 111 Å². The second kappa shape index (κ2) is 9.34. The van der Waals surface area contributed by atoms with Gasteiger partial charge >= 0.3 is 11.9 Å². The molecule has 1 fully saturated rings. The summed E-state index contributed by atoms with van der Waals surface area (Å²) in [5.74, 6) is -1.28. The summed E-state index contributed by atoms with van der Waals surface area (Å²) in [6, 6.07) is 5.82. The van der Waals surface area contributed by atoms with Gasteiger partial charge in [0, 0.05) is 20.3 Å². The van der Waals surface area contributed by atoms with Crippen molar-refractivity contribution < 1.29 is 28.7 Å². The zero-order valence-corrected chi connectivity index (χ0v) is 16.4. The van der Waals surface area contributed by atoms with E-state index in [1.807, 2.05) is 0 Å². The molecule has 0 aliphatic heterocycles. The highest BCUT2D eigenvalue weighted by molar-refractivity contribution is 5.92. The van der Waals surface area contributed by atoms with Crippen LogP contribution in [-0.2, 0) is 30.3 Å². The van der Waals surface area contributed by atoms with E-state index in [0.29, 0.717) is 18.6 Å². The van der Waals surface area contributed by atoms with Crippen LogP contribution in [0.5, 0.6) is 5.75 Å². The highest BCUT2D eigenvalue weighted by Crippen LogP contribution is 2.31. The van der Waals surface area contributed by atoms with Crippen molar-refractivity contribution in [1.29, 1.82) is 0 Å². The van der Waals surface area contributed by atoms with Crippen molar-refractivity contribution in [3.8, 4) is 5.75 Å². The zero-order chi connectivity index (χ0) is 20.7. The van der Waals surface area contributed by atoms with Gasteiger partial charge in [-0.05, 0) is 30.5 Å². The van der Waals surface area contributed by atoms with Crippen LogP contribution >= 0.6 is 0 Å². The molecule has 2 rings (SSSR count). The van der Waals surface area contributed by atoms with E-state index in [1.54, 1.807) is 24.3 Å². The van der Waals surface area contributed by atoms with Crippen molar-refractivity contribution in [3.05, 3.63) is 29.8 Å². The summed E-state index contributed by atoms with van der Waals surface area (Å²) in [5.41, 5.74) is -0.273. The molecule has 0 saturated heterocycles. The first-order valence-corrected chi connectivity index (χ1v) is 9.20. The van der Waals surface area contributed by atoms with Gasteiger partial charge in [-0.3, -0.25) is 14.4 Å². The fourth-order valence-electron chi connectivity index (χ4n) is 3.43. The average Bonchev–Trinajstić information content (AvgIpc) is 3.10. The first kappa shape index (κ1) is 21.4. The number of carbonyl (C=O) groups is 4. The summed E-state index contributed by atoms with van der Waals surface area (Å²) in [7, 11) is 1.30. The molecule has 1 aliphatic rings. The van der Waals surface area contributed by atoms with Crippen molar-refractivity contribution in [2.45, 2.75) is 57.5 Å². The third-order valence-corrected chi connectivity index (χ3v) is 4.71.